The van der Waals surface area contributed by atoms with Crippen molar-refractivity contribution < 1.29 is 19.4 Å². The van der Waals surface area contributed by atoms with Crippen molar-refractivity contribution >= 4 is 5.78 Å². The molecule has 0 amide bonds. The second-order valence-corrected chi connectivity index (χ2v) is 4.76. The second kappa shape index (κ2) is 4.82. The van der Waals surface area contributed by atoms with Crippen LogP contribution in [0.4, 0.5) is 0 Å². The monoisotopic (exact) mass is 228 g/mol. The number of ketones is 1. The molecule has 92 valence electrons. The molecule has 0 aromatic heterocycles. The van der Waals surface area contributed by atoms with Crippen LogP contribution in [0, 0.1) is 0 Å². The van der Waals surface area contributed by atoms with Crippen LogP contribution < -0.4 is 0 Å². The summed E-state index contributed by atoms with van der Waals surface area (Å²) in [4.78, 5) is 11.5. The third kappa shape index (κ3) is 2.14. The van der Waals surface area contributed by atoms with Crippen LogP contribution in [0.25, 0.3) is 0 Å². The molecule has 2 fully saturated rings. The Morgan fingerprint density at radius 1 is 1.56 bits per heavy atom. The zero-order valence-electron chi connectivity index (χ0n) is 9.78. The third-order valence-electron chi connectivity index (χ3n) is 3.58. The van der Waals surface area contributed by atoms with Crippen LogP contribution in [0.1, 0.15) is 39.0 Å². The van der Waals surface area contributed by atoms with Crippen LogP contribution in [0.3, 0.4) is 0 Å². The Bertz CT molecular complexity index is 266. The van der Waals surface area contributed by atoms with Crippen molar-refractivity contribution in [2.24, 2.45) is 0 Å². The molecule has 2 aliphatic rings. The predicted octanol–water partition coefficient (Wildman–Crippen LogP) is 1.05. The molecule has 1 aliphatic heterocycles. The molecule has 0 spiro atoms. The van der Waals surface area contributed by atoms with Crippen molar-refractivity contribution in [3.8, 4) is 0 Å². The molecule has 4 nitrogen and oxygen atoms in total. The van der Waals surface area contributed by atoms with Gasteiger partial charge in [-0.25, -0.2) is 0 Å². The van der Waals surface area contributed by atoms with Crippen molar-refractivity contribution in [3.05, 3.63) is 0 Å². The summed E-state index contributed by atoms with van der Waals surface area (Å²) in [6, 6.07) is 0. The first-order valence-corrected chi connectivity index (χ1v) is 6.14. The van der Waals surface area contributed by atoms with Crippen molar-refractivity contribution in [1.82, 2.24) is 0 Å². The minimum Gasteiger partial charge on any atom is -0.384 e. The highest BCUT2D eigenvalue weighted by molar-refractivity contribution is 5.81. The van der Waals surface area contributed by atoms with E-state index in [0.717, 1.165) is 12.8 Å². The lowest BCUT2D eigenvalue weighted by Gasteiger charge is -2.39. The summed E-state index contributed by atoms with van der Waals surface area (Å²) in [5.74, 6) is 0.137. The summed E-state index contributed by atoms with van der Waals surface area (Å²) in [5.41, 5.74) is -0.929. The average Bonchev–Trinajstić information content (AvgIpc) is 2.61. The molecule has 16 heavy (non-hydrogen) atoms. The summed E-state index contributed by atoms with van der Waals surface area (Å²) in [6.45, 7) is 3.23. The minimum absolute atomic E-state index is 0.137. The maximum atomic E-state index is 11.5. The van der Waals surface area contributed by atoms with Gasteiger partial charge in [-0.3, -0.25) is 4.79 Å². The first-order valence-electron chi connectivity index (χ1n) is 6.14. The number of carbonyl (C=O) groups excluding carboxylic acids is 1. The molecule has 0 bridgehead atoms. The number of Topliss-reactive ketones (excluding diaryl/α,β-unsaturated/α-hetero) is 1. The maximum absolute atomic E-state index is 11.5. The van der Waals surface area contributed by atoms with Crippen molar-refractivity contribution in [2.75, 3.05) is 13.2 Å². The van der Waals surface area contributed by atoms with E-state index in [1.807, 2.05) is 0 Å². The fourth-order valence-electron chi connectivity index (χ4n) is 2.52. The van der Waals surface area contributed by atoms with E-state index in [1.54, 1.807) is 0 Å². The Balaban J connectivity index is 2.00. The lowest BCUT2D eigenvalue weighted by Crippen LogP contribution is -2.55. The summed E-state index contributed by atoms with van der Waals surface area (Å²) in [7, 11) is 0. The normalized spacial score (nSPS) is 38.8. The van der Waals surface area contributed by atoms with E-state index in [2.05, 4.69) is 6.92 Å². The van der Waals surface area contributed by atoms with Gasteiger partial charge < -0.3 is 14.6 Å². The second-order valence-electron chi connectivity index (χ2n) is 4.76. The molecule has 1 aliphatic carbocycles. The van der Waals surface area contributed by atoms with E-state index in [-0.39, 0.29) is 18.0 Å². The molecule has 1 N–H and O–H groups in total. The van der Waals surface area contributed by atoms with E-state index >= 15 is 0 Å². The van der Waals surface area contributed by atoms with E-state index in [0.29, 0.717) is 32.5 Å². The summed E-state index contributed by atoms with van der Waals surface area (Å²) in [6.07, 6.45) is 2.56. The van der Waals surface area contributed by atoms with Crippen LogP contribution in [-0.2, 0) is 14.3 Å². The Labute approximate surface area is 95.9 Å². The van der Waals surface area contributed by atoms with Gasteiger partial charge in [0, 0.05) is 25.9 Å². The van der Waals surface area contributed by atoms with Crippen molar-refractivity contribution in [3.63, 3.8) is 0 Å². The van der Waals surface area contributed by atoms with Gasteiger partial charge >= 0.3 is 0 Å². The van der Waals surface area contributed by atoms with Gasteiger partial charge in [0.2, 0.25) is 0 Å². The lowest BCUT2D eigenvalue weighted by molar-refractivity contribution is -0.169. The van der Waals surface area contributed by atoms with Gasteiger partial charge in [0.25, 0.3) is 0 Å². The quantitative estimate of drug-likeness (QED) is 0.731. The molecule has 3 atom stereocenters. The predicted molar refractivity (Wildman–Crippen MR) is 58.2 cm³/mol. The van der Waals surface area contributed by atoms with Gasteiger partial charge in [0.15, 0.2) is 0 Å². The highest BCUT2D eigenvalue weighted by Gasteiger charge is 2.53. The summed E-state index contributed by atoms with van der Waals surface area (Å²) < 4.78 is 11.1. The molecule has 2 rings (SSSR count). The Morgan fingerprint density at radius 2 is 2.38 bits per heavy atom. The number of unbranched alkanes of at least 4 members (excludes halogenated alkanes) is 1. The summed E-state index contributed by atoms with van der Waals surface area (Å²) in [5, 5.41) is 10.5. The molecule has 0 unspecified atom stereocenters. The molecule has 1 saturated heterocycles. The topological polar surface area (TPSA) is 55.8 Å². The standard InChI is InChI=1S/C12H20O4/c1-2-3-5-15-10-7-9(13)8-11-12(10,14)4-6-16-11/h10-11,14H,2-8H2,1H3/t10-,11+,12+/m1/s1. The number of aliphatic hydroxyl groups is 1. The van der Waals surface area contributed by atoms with E-state index in [4.69, 9.17) is 9.47 Å². The zero-order valence-corrected chi connectivity index (χ0v) is 9.78. The molecule has 4 heteroatoms. The van der Waals surface area contributed by atoms with E-state index in [1.165, 1.54) is 0 Å². The zero-order chi connectivity index (χ0) is 11.6. The van der Waals surface area contributed by atoms with Gasteiger partial charge in [-0.1, -0.05) is 13.3 Å². The fourth-order valence-corrected chi connectivity index (χ4v) is 2.52. The van der Waals surface area contributed by atoms with Crippen LogP contribution in [0.5, 0.6) is 0 Å². The van der Waals surface area contributed by atoms with Gasteiger partial charge in [-0.2, -0.15) is 0 Å². The number of rotatable bonds is 4. The number of ether oxygens (including phenoxy) is 2. The maximum Gasteiger partial charge on any atom is 0.138 e. The fraction of sp³-hybridized carbons (Fsp3) is 0.917. The largest absolute Gasteiger partial charge is 0.384 e. The average molecular weight is 228 g/mol. The Kier molecular flexibility index (Phi) is 3.62. The van der Waals surface area contributed by atoms with Gasteiger partial charge in [-0.05, 0) is 6.42 Å². The smallest absolute Gasteiger partial charge is 0.138 e. The van der Waals surface area contributed by atoms with Crippen molar-refractivity contribution in [1.29, 1.82) is 0 Å². The molecule has 0 radical (unpaired) electrons. The van der Waals surface area contributed by atoms with Gasteiger partial charge in [0.05, 0.1) is 18.8 Å². The Hall–Kier alpha value is -0.450. The number of hydrogen-bond acceptors (Lipinski definition) is 4. The molecule has 1 heterocycles. The SMILES string of the molecule is CCCCO[C@@H]1CC(=O)C[C@@H]2OCC[C@@]21O. The van der Waals surface area contributed by atoms with Crippen LogP contribution in [-0.4, -0.2) is 41.9 Å². The van der Waals surface area contributed by atoms with Crippen LogP contribution in [0.15, 0.2) is 0 Å². The highest BCUT2D eigenvalue weighted by atomic mass is 16.5. The van der Waals surface area contributed by atoms with Gasteiger partial charge in [-0.15, -0.1) is 0 Å². The minimum atomic E-state index is -0.929. The van der Waals surface area contributed by atoms with E-state index in [9.17, 15) is 9.90 Å². The van der Waals surface area contributed by atoms with Crippen molar-refractivity contribution in [2.45, 2.75) is 56.8 Å². The number of fused-ring (bicyclic) bond motifs is 1. The first-order chi connectivity index (χ1) is 7.66. The molecule has 0 aromatic carbocycles. The summed E-state index contributed by atoms with van der Waals surface area (Å²) >= 11 is 0. The Morgan fingerprint density at radius 3 is 3.12 bits per heavy atom. The third-order valence-corrected chi connectivity index (χ3v) is 3.58. The number of carbonyl (C=O) groups is 1. The molecular formula is C12H20O4. The van der Waals surface area contributed by atoms with Gasteiger partial charge in [0.1, 0.15) is 11.4 Å². The van der Waals surface area contributed by atoms with Crippen LogP contribution >= 0.6 is 0 Å². The molecular weight excluding hydrogens is 208 g/mol. The van der Waals surface area contributed by atoms with Crippen LogP contribution in [0.2, 0.25) is 0 Å². The number of hydrogen-bond donors (Lipinski definition) is 1. The lowest BCUT2D eigenvalue weighted by atomic mass is 9.78. The van der Waals surface area contributed by atoms with E-state index < -0.39 is 5.60 Å². The molecule has 1 saturated carbocycles. The molecule has 0 aromatic rings. The first kappa shape index (κ1) is 12.0. The highest BCUT2D eigenvalue weighted by Crippen LogP contribution is 2.38.